The van der Waals surface area contributed by atoms with Gasteiger partial charge in [-0.15, -0.1) is 0 Å². The Morgan fingerprint density at radius 1 is 0.973 bits per heavy atom. The summed E-state index contributed by atoms with van der Waals surface area (Å²) in [4.78, 5) is 12.3. The van der Waals surface area contributed by atoms with Crippen molar-refractivity contribution in [1.29, 1.82) is 0 Å². The first-order valence-corrected chi connectivity index (χ1v) is 13.8. The van der Waals surface area contributed by atoms with Gasteiger partial charge in [0.25, 0.3) is 0 Å². The highest BCUT2D eigenvalue weighted by Gasteiger charge is 2.25. The summed E-state index contributed by atoms with van der Waals surface area (Å²) in [6.45, 7) is 4.93. The second kappa shape index (κ2) is 11.7. The Hall–Kier alpha value is -2.82. The van der Waals surface area contributed by atoms with Crippen LogP contribution in [0.5, 0.6) is 0 Å². The van der Waals surface area contributed by atoms with Gasteiger partial charge in [0.1, 0.15) is 26.2 Å². The van der Waals surface area contributed by atoms with Gasteiger partial charge in [0, 0.05) is 6.42 Å². The van der Waals surface area contributed by atoms with Crippen molar-refractivity contribution in [2.24, 2.45) is 0 Å². The molecule has 1 saturated heterocycles. The Kier molecular flexibility index (Phi) is 8.61. The highest BCUT2D eigenvalue weighted by molar-refractivity contribution is 7.80. The summed E-state index contributed by atoms with van der Waals surface area (Å²) in [5.41, 5.74) is 1.31. The number of carbonyl (C=O) groups is 1. The van der Waals surface area contributed by atoms with Gasteiger partial charge in [-0.1, -0.05) is 54.6 Å². The maximum atomic E-state index is 12.3. The molecule has 0 amide bonds. The average molecular weight is 528 g/mol. The van der Waals surface area contributed by atoms with Crippen molar-refractivity contribution in [3.8, 4) is 0 Å². The van der Waals surface area contributed by atoms with E-state index in [0.29, 0.717) is 13.0 Å². The molecule has 0 bridgehead atoms. The Balaban J connectivity index is 0.000000480. The molecule has 1 aliphatic rings. The summed E-state index contributed by atoms with van der Waals surface area (Å²) >= 11 is 0. The number of aryl methyl sites for hydroxylation is 1. The van der Waals surface area contributed by atoms with Crippen LogP contribution in [0.1, 0.15) is 18.4 Å². The van der Waals surface area contributed by atoms with E-state index in [1.54, 1.807) is 0 Å². The van der Waals surface area contributed by atoms with Crippen LogP contribution in [0.4, 0.5) is 0 Å². The van der Waals surface area contributed by atoms with E-state index in [4.69, 9.17) is 9.47 Å². The predicted octanol–water partition coefficient (Wildman–Crippen LogP) is 4.02. The number of ether oxygens (including phenoxy) is 2. The van der Waals surface area contributed by atoms with Crippen molar-refractivity contribution in [3.05, 3.63) is 60.2 Å². The van der Waals surface area contributed by atoms with Gasteiger partial charge in [0.05, 0.1) is 27.4 Å². The summed E-state index contributed by atoms with van der Waals surface area (Å²) in [6.07, 6.45) is 2.16. The normalized spacial score (nSPS) is 15.5. The van der Waals surface area contributed by atoms with E-state index >= 15 is 0 Å². The fourth-order valence-electron chi connectivity index (χ4n) is 4.90. The third-order valence-corrected chi connectivity index (χ3v) is 7.50. The monoisotopic (exact) mass is 527 g/mol. The van der Waals surface area contributed by atoms with Gasteiger partial charge >= 0.3 is 5.97 Å². The van der Waals surface area contributed by atoms with Crippen LogP contribution in [-0.4, -0.2) is 77.0 Å². The average Bonchev–Trinajstić information content (AvgIpc) is 2.88. The molecule has 1 fully saturated rings. The fourth-order valence-corrected chi connectivity index (χ4v) is 4.90. The number of nitrogens with zero attached hydrogens (tertiary/aromatic N) is 1. The molecule has 0 unspecified atom stereocenters. The number of carbonyl (C=O) groups excluding carboxylic acids is 1. The molecule has 0 aliphatic carbocycles. The van der Waals surface area contributed by atoms with Crippen molar-refractivity contribution < 1.29 is 35.9 Å². The molecule has 0 saturated carbocycles. The summed E-state index contributed by atoms with van der Waals surface area (Å²) in [6, 6.07) is 19.8. The number of rotatable bonds is 8. The molecule has 0 aromatic heterocycles. The van der Waals surface area contributed by atoms with E-state index < -0.39 is 10.4 Å². The molecule has 4 aromatic carbocycles. The van der Waals surface area contributed by atoms with Crippen LogP contribution in [-0.2, 0) is 35.3 Å². The van der Waals surface area contributed by atoms with Crippen molar-refractivity contribution in [3.63, 3.8) is 0 Å². The first kappa shape index (κ1) is 27.2. The highest BCUT2D eigenvalue weighted by atomic mass is 32.3. The van der Waals surface area contributed by atoms with E-state index in [9.17, 15) is 17.8 Å². The van der Waals surface area contributed by atoms with Gasteiger partial charge < -0.3 is 18.5 Å². The molecule has 37 heavy (non-hydrogen) atoms. The van der Waals surface area contributed by atoms with Gasteiger partial charge in [0.2, 0.25) is 10.4 Å². The minimum Gasteiger partial charge on any atom is -0.726 e. The molecule has 1 heterocycles. The minimum absolute atomic E-state index is 0.0856. The summed E-state index contributed by atoms with van der Waals surface area (Å²) in [5, 5.41) is 7.85. The molecule has 0 spiro atoms. The number of hydrogen-bond donors (Lipinski definition) is 0. The molecule has 0 radical (unpaired) electrons. The predicted molar refractivity (Wildman–Crippen MR) is 142 cm³/mol. The largest absolute Gasteiger partial charge is 0.726 e. The van der Waals surface area contributed by atoms with Crippen molar-refractivity contribution >= 4 is 48.7 Å². The van der Waals surface area contributed by atoms with Crippen LogP contribution in [0, 0.1) is 0 Å². The van der Waals surface area contributed by atoms with Gasteiger partial charge in [-0.05, 0) is 50.7 Å². The van der Waals surface area contributed by atoms with Crippen LogP contribution in [0.25, 0.3) is 32.3 Å². The van der Waals surface area contributed by atoms with Crippen LogP contribution >= 0.6 is 0 Å². The van der Waals surface area contributed by atoms with Crippen LogP contribution in [0.2, 0.25) is 0 Å². The third-order valence-electron chi connectivity index (χ3n) is 7.10. The fraction of sp³-hybridized carbons (Fsp3) is 0.393. The van der Waals surface area contributed by atoms with Crippen LogP contribution in [0.3, 0.4) is 0 Å². The third kappa shape index (κ3) is 6.94. The van der Waals surface area contributed by atoms with Gasteiger partial charge in [-0.25, -0.2) is 8.42 Å². The minimum atomic E-state index is -4.41. The second-order valence-corrected chi connectivity index (χ2v) is 10.8. The first-order valence-electron chi connectivity index (χ1n) is 12.4. The van der Waals surface area contributed by atoms with Crippen LogP contribution in [0.15, 0.2) is 54.6 Å². The van der Waals surface area contributed by atoms with E-state index in [0.717, 1.165) is 57.3 Å². The lowest BCUT2D eigenvalue weighted by molar-refractivity contribution is -0.917. The van der Waals surface area contributed by atoms with Crippen molar-refractivity contribution in [1.82, 2.24) is 0 Å². The summed E-state index contributed by atoms with van der Waals surface area (Å²) < 4.78 is 42.9. The highest BCUT2D eigenvalue weighted by Crippen LogP contribution is 2.36. The molecule has 4 aromatic rings. The second-order valence-electron chi connectivity index (χ2n) is 9.63. The van der Waals surface area contributed by atoms with E-state index in [1.165, 1.54) is 37.9 Å². The maximum absolute atomic E-state index is 12.3. The SMILES string of the molecule is COS(=O)(=O)[O-].C[N+]1(CCOC(=O)CCCc2ccc3ccc4cccc5ccc2c3c45)CCOCC1. The summed E-state index contributed by atoms with van der Waals surface area (Å²) in [7, 11) is -1.39. The number of esters is 1. The molecule has 198 valence electrons. The number of hydrogen-bond acceptors (Lipinski definition) is 7. The number of morpholine rings is 1. The molecule has 9 heteroatoms. The quantitative estimate of drug-likeness (QED) is 0.112. The topological polar surface area (TPSA) is 102 Å². The number of benzene rings is 4. The number of likely N-dealkylation sites (N-methyl/N-ethyl adjacent to an activating group) is 1. The Labute approximate surface area is 217 Å². The van der Waals surface area contributed by atoms with Gasteiger partial charge in [0.15, 0.2) is 0 Å². The van der Waals surface area contributed by atoms with Crippen LogP contribution < -0.4 is 0 Å². The summed E-state index contributed by atoms with van der Waals surface area (Å²) in [5.74, 6) is -0.0856. The molecule has 0 atom stereocenters. The zero-order chi connectivity index (χ0) is 26.5. The van der Waals surface area contributed by atoms with Gasteiger partial charge in [-0.2, -0.15) is 0 Å². The Morgan fingerprint density at radius 3 is 2.22 bits per heavy atom. The van der Waals surface area contributed by atoms with E-state index in [-0.39, 0.29) is 5.97 Å². The lowest BCUT2D eigenvalue weighted by atomic mass is 9.90. The maximum Gasteiger partial charge on any atom is 0.306 e. The molecule has 8 nitrogen and oxygen atoms in total. The van der Waals surface area contributed by atoms with Crippen molar-refractivity contribution in [2.45, 2.75) is 19.3 Å². The molecule has 5 rings (SSSR count). The molecule has 1 aliphatic heterocycles. The first-order chi connectivity index (χ1) is 17.7. The molecular formula is C28H33NO7S. The lowest BCUT2D eigenvalue weighted by Gasteiger charge is -2.37. The Bertz CT molecular complexity index is 1450. The van der Waals surface area contributed by atoms with E-state index in [1.807, 2.05) is 0 Å². The Morgan fingerprint density at radius 2 is 1.57 bits per heavy atom. The zero-order valence-corrected chi connectivity index (χ0v) is 22.1. The van der Waals surface area contributed by atoms with Gasteiger partial charge in [-0.3, -0.25) is 8.98 Å². The molecular weight excluding hydrogens is 494 g/mol. The number of quaternary nitrogens is 1. The standard InChI is InChI=1S/C27H30NO3.CH4O4S/c1-28(14-17-30-18-15-28)16-19-31-25(29)7-3-4-20-8-9-23-11-10-21-5-2-6-22-12-13-24(20)27(23)26(21)22;1-5-6(2,3)4/h2,5-6,8-13H,3-4,7,14-19H2,1H3;1H3,(H,2,3,4)/q+1;/p-1. The lowest BCUT2D eigenvalue weighted by Crippen LogP contribution is -2.53. The molecule has 0 N–H and O–H groups in total. The smallest absolute Gasteiger partial charge is 0.306 e. The zero-order valence-electron chi connectivity index (χ0n) is 21.3. The van der Waals surface area contributed by atoms with Crippen molar-refractivity contribution in [2.75, 3.05) is 53.6 Å². The van der Waals surface area contributed by atoms with E-state index in [2.05, 4.69) is 65.8 Å².